The molecule has 0 atom stereocenters. The molecule has 0 spiro atoms. The smallest absolute Gasteiger partial charge is 0.341 e. The predicted molar refractivity (Wildman–Crippen MR) is 101 cm³/mol. The maximum absolute atomic E-state index is 12.1. The van der Waals surface area contributed by atoms with Crippen LogP contribution in [0, 0.1) is 0 Å². The zero-order valence-electron chi connectivity index (χ0n) is 14.8. The van der Waals surface area contributed by atoms with Gasteiger partial charge in [0.15, 0.2) is 16.4 Å². The minimum atomic E-state index is -3.23. The maximum atomic E-state index is 12.1. The van der Waals surface area contributed by atoms with E-state index < -0.39 is 22.4 Å². The summed E-state index contributed by atoms with van der Waals surface area (Å²) in [6.45, 7) is 1.14. The average Bonchev–Trinajstić information content (AvgIpc) is 2.65. The van der Waals surface area contributed by atoms with E-state index in [2.05, 4.69) is 5.32 Å². The van der Waals surface area contributed by atoms with E-state index in [0.717, 1.165) is 5.56 Å². The van der Waals surface area contributed by atoms with Gasteiger partial charge >= 0.3 is 5.97 Å². The normalized spacial score (nSPS) is 11.0. The Hall–Kier alpha value is -2.87. The summed E-state index contributed by atoms with van der Waals surface area (Å²) in [7, 11) is -3.23. The number of benzene rings is 2. The molecule has 0 unspecified atom stereocenters. The lowest BCUT2D eigenvalue weighted by molar-refractivity contribution is -0.139. The first kappa shape index (κ1) is 20.4. The summed E-state index contributed by atoms with van der Waals surface area (Å²) in [4.78, 5) is 22.9. The summed E-state index contributed by atoms with van der Waals surface area (Å²) in [6, 6.07) is 13.0. The van der Waals surface area contributed by atoms with Crippen molar-refractivity contribution in [1.82, 2.24) is 0 Å². The second-order valence-corrected chi connectivity index (χ2v) is 8.08. The monoisotopic (exact) mass is 391 g/mol. The van der Waals surface area contributed by atoms with E-state index in [-0.39, 0.29) is 23.0 Å². The van der Waals surface area contributed by atoms with Crippen molar-refractivity contribution < 1.29 is 27.9 Å². The van der Waals surface area contributed by atoms with Gasteiger partial charge in [-0.2, -0.15) is 0 Å². The lowest BCUT2D eigenvalue weighted by Gasteiger charge is -2.08. The average molecular weight is 391 g/mol. The van der Waals surface area contributed by atoms with Crippen LogP contribution in [0.3, 0.4) is 0 Å². The molecule has 2 rings (SSSR count). The highest BCUT2D eigenvalue weighted by Gasteiger charge is 2.11. The fraction of sp³-hybridized carbons (Fsp3) is 0.263. The Morgan fingerprint density at radius 3 is 2.44 bits per heavy atom. The number of hydrogen-bond acceptors (Lipinski definition) is 5. The van der Waals surface area contributed by atoms with Gasteiger partial charge in [0.1, 0.15) is 5.75 Å². The summed E-state index contributed by atoms with van der Waals surface area (Å²) in [5.74, 6) is -0.898. The zero-order valence-corrected chi connectivity index (χ0v) is 15.7. The van der Waals surface area contributed by atoms with E-state index in [1.54, 1.807) is 55.5 Å². The Balaban J connectivity index is 1.89. The summed E-state index contributed by atoms with van der Waals surface area (Å²) in [5, 5.41) is 11.3. The third-order valence-corrected chi connectivity index (χ3v) is 5.53. The van der Waals surface area contributed by atoms with Crippen LogP contribution in [0.15, 0.2) is 53.4 Å². The lowest BCUT2D eigenvalue weighted by Crippen LogP contribution is -2.13. The van der Waals surface area contributed by atoms with Crippen LogP contribution in [0.25, 0.3) is 0 Å². The summed E-state index contributed by atoms with van der Waals surface area (Å²) < 4.78 is 28.6. The van der Waals surface area contributed by atoms with Crippen LogP contribution >= 0.6 is 0 Å². The molecule has 0 heterocycles. The van der Waals surface area contributed by atoms with E-state index >= 15 is 0 Å². The van der Waals surface area contributed by atoms with Crippen LogP contribution in [-0.4, -0.2) is 37.8 Å². The number of amides is 1. The van der Waals surface area contributed by atoms with Crippen LogP contribution in [0.5, 0.6) is 5.75 Å². The molecular weight excluding hydrogens is 370 g/mol. The Morgan fingerprint density at radius 2 is 1.81 bits per heavy atom. The third kappa shape index (κ3) is 6.41. The molecule has 7 nitrogen and oxygen atoms in total. The number of carbonyl (C=O) groups is 2. The maximum Gasteiger partial charge on any atom is 0.341 e. The molecular formula is C19H21NO6S. The van der Waals surface area contributed by atoms with Gasteiger partial charge in [-0.1, -0.05) is 25.1 Å². The number of anilines is 1. The zero-order chi connectivity index (χ0) is 19.9. The standard InChI is InChI=1S/C19H21NO6S/c1-2-27(24,25)17-9-6-14(7-10-17)8-11-18(21)20-15-4-3-5-16(12-15)26-13-19(22)23/h3-7,9-10,12H,2,8,11,13H2,1H3,(H,20,21)(H,22,23). The van der Waals surface area contributed by atoms with Crippen molar-refractivity contribution in [2.45, 2.75) is 24.7 Å². The SMILES string of the molecule is CCS(=O)(=O)c1ccc(CCC(=O)Nc2cccc(OCC(=O)O)c2)cc1. The molecule has 0 aliphatic rings. The van der Waals surface area contributed by atoms with Gasteiger partial charge in [-0.25, -0.2) is 13.2 Å². The van der Waals surface area contributed by atoms with Gasteiger partial charge in [0.2, 0.25) is 5.91 Å². The molecule has 27 heavy (non-hydrogen) atoms. The predicted octanol–water partition coefficient (Wildman–Crippen LogP) is 2.51. The number of aryl methyl sites for hydroxylation is 1. The fourth-order valence-electron chi connectivity index (χ4n) is 2.32. The van der Waals surface area contributed by atoms with Gasteiger partial charge in [0.25, 0.3) is 0 Å². The molecule has 2 N–H and O–H groups in total. The third-order valence-electron chi connectivity index (χ3n) is 3.78. The molecule has 0 radical (unpaired) electrons. The molecule has 0 saturated carbocycles. The molecule has 0 bridgehead atoms. The van der Waals surface area contributed by atoms with Crippen LogP contribution in [0.2, 0.25) is 0 Å². The van der Waals surface area contributed by atoms with E-state index in [4.69, 9.17) is 9.84 Å². The number of carboxylic acids is 1. The highest BCUT2D eigenvalue weighted by atomic mass is 32.2. The van der Waals surface area contributed by atoms with E-state index in [1.807, 2.05) is 0 Å². The first-order chi connectivity index (χ1) is 12.8. The van der Waals surface area contributed by atoms with E-state index in [0.29, 0.717) is 17.9 Å². The summed E-state index contributed by atoms with van der Waals surface area (Å²) in [6.07, 6.45) is 0.688. The highest BCUT2D eigenvalue weighted by Crippen LogP contribution is 2.18. The van der Waals surface area contributed by atoms with Crippen molar-refractivity contribution in [3.8, 4) is 5.75 Å². The van der Waals surface area contributed by atoms with Gasteiger partial charge in [-0.15, -0.1) is 0 Å². The minimum Gasteiger partial charge on any atom is -0.482 e. The molecule has 8 heteroatoms. The van der Waals surface area contributed by atoms with Crippen molar-refractivity contribution >= 4 is 27.4 Å². The van der Waals surface area contributed by atoms with Crippen LogP contribution in [0.1, 0.15) is 18.9 Å². The number of carbonyl (C=O) groups excluding carboxylic acids is 1. The van der Waals surface area contributed by atoms with E-state index in [1.165, 1.54) is 0 Å². The second-order valence-electron chi connectivity index (χ2n) is 5.81. The van der Waals surface area contributed by atoms with Crippen molar-refractivity contribution in [3.63, 3.8) is 0 Å². The Morgan fingerprint density at radius 1 is 1.11 bits per heavy atom. The van der Waals surface area contributed by atoms with Crippen LogP contribution < -0.4 is 10.1 Å². The van der Waals surface area contributed by atoms with Crippen LogP contribution in [-0.2, 0) is 25.8 Å². The van der Waals surface area contributed by atoms with Gasteiger partial charge in [0.05, 0.1) is 10.6 Å². The van der Waals surface area contributed by atoms with Crippen molar-refractivity contribution in [1.29, 1.82) is 0 Å². The van der Waals surface area contributed by atoms with Gasteiger partial charge in [-0.3, -0.25) is 4.79 Å². The van der Waals surface area contributed by atoms with Crippen LogP contribution in [0.4, 0.5) is 5.69 Å². The number of ether oxygens (including phenoxy) is 1. The fourth-order valence-corrected chi connectivity index (χ4v) is 3.20. The number of hydrogen-bond donors (Lipinski definition) is 2. The topological polar surface area (TPSA) is 110 Å². The molecule has 2 aromatic rings. The molecule has 2 aromatic carbocycles. The first-order valence-corrected chi connectivity index (χ1v) is 10.0. The molecule has 0 fully saturated rings. The summed E-state index contributed by atoms with van der Waals surface area (Å²) >= 11 is 0. The van der Waals surface area contributed by atoms with Crippen molar-refractivity contribution in [3.05, 3.63) is 54.1 Å². The quantitative estimate of drug-likeness (QED) is 0.680. The molecule has 0 aliphatic carbocycles. The number of aliphatic carboxylic acids is 1. The first-order valence-electron chi connectivity index (χ1n) is 8.36. The molecule has 0 aromatic heterocycles. The Labute approximate surface area is 157 Å². The van der Waals surface area contributed by atoms with E-state index in [9.17, 15) is 18.0 Å². The lowest BCUT2D eigenvalue weighted by atomic mass is 10.1. The number of sulfone groups is 1. The van der Waals surface area contributed by atoms with Gasteiger partial charge in [-0.05, 0) is 36.2 Å². The minimum absolute atomic E-state index is 0.0456. The highest BCUT2D eigenvalue weighted by molar-refractivity contribution is 7.91. The van der Waals surface area contributed by atoms with Crippen molar-refractivity contribution in [2.24, 2.45) is 0 Å². The Bertz CT molecular complexity index is 906. The molecule has 0 aliphatic heterocycles. The largest absolute Gasteiger partial charge is 0.482 e. The molecule has 1 amide bonds. The Kier molecular flexibility index (Phi) is 6.95. The van der Waals surface area contributed by atoms with Crippen molar-refractivity contribution in [2.75, 3.05) is 17.7 Å². The molecule has 0 saturated heterocycles. The van der Waals surface area contributed by atoms with Gasteiger partial charge < -0.3 is 15.2 Å². The number of nitrogens with one attached hydrogen (secondary N) is 1. The molecule has 144 valence electrons. The number of rotatable bonds is 9. The number of carboxylic acid groups (broad SMARTS) is 1. The summed E-state index contributed by atoms with van der Waals surface area (Å²) in [5.41, 5.74) is 1.37. The van der Waals surface area contributed by atoms with Gasteiger partial charge in [0, 0.05) is 18.2 Å². The second kappa shape index (κ2) is 9.18.